The van der Waals surface area contributed by atoms with E-state index < -0.39 is 0 Å². The van der Waals surface area contributed by atoms with Crippen LogP contribution >= 0.6 is 15.9 Å². The average molecular weight is 320 g/mol. The Balaban J connectivity index is 2.16. The molecule has 2 rings (SSSR count). The Hall–Kier alpha value is -1.68. The van der Waals surface area contributed by atoms with Crippen molar-refractivity contribution in [2.75, 3.05) is 0 Å². The fraction of sp³-hybridized carbons (Fsp3) is 0.200. The fourth-order valence-corrected chi connectivity index (χ4v) is 2.72. The van der Waals surface area contributed by atoms with Gasteiger partial charge < -0.3 is 0 Å². The number of hydrogen-bond donors (Lipinski definition) is 0. The summed E-state index contributed by atoms with van der Waals surface area (Å²) in [6.45, 7) is 1.77. The van der Waals surface area contributed by atoms with Gasteiger partial charge in [0.1, 0.15) is 0 Å². The second-order valence-electron chi connectivity index (χ2n) is 4.46. The Morgan fingerprint density at radius 1 is 1.21 bits per heavy atom. The predicted octanol–water partition coefficient (Wildman–Crippen LogP) is 4.58. The van der Waals surface area contributed by atoms with Gasteiger partial charge in [-0.3, -0.25) is 10.1 Å². The van der Waals surface area contributed by atoms with Crippen molar-refractivity contribution >= 4 is 21.6 Å². The van der Waals surface area contributed by atoms with Crippen LogP contribution in [0.2, 0.25) is 0 Å². The number of nitrogens with zero attached hydrogens (tertiary/aromatic N) is 1. The third-order valence-corrected chi connectivity index (χ3v) is 3.89. The van der Waals surface area contributed by atoms with Gasteiger partial charge in [-0.1, -0.05) is 52.3 Å². The summed E-state index contributed by atoms with van der Waals surface area (Å²) in [5.41, 5.74) is 3.18. The number of alkyl halides is 1. The van der Waals surface area contributed by atoms with Gasteiger partial charge in [-0.25, -0.2) is 0 Å². The second-order valence-corrected chi connectivity index (χ2v) is 5.57. The molecule has 0 spiro atoms. The van der Waals surface area contributed by atoms with Crippen molar-refractivity contribution in [1.82, 2.24) is 0 Å². The van der Waals surface area contributed by atoms with Crippen molar-refractivity contribution in [3.8, 4) is 0 Å². The van der Waals surface area contributed by atoms with Gasteiger partial charge in [-0.15, -0.1) is 0 Å². The molecule has 0 heterocycles. The van der Waals surface area contributed by atoms with E-state index in [-0.39, 0.29) is 15.4 Å². The third-order valence-electron chi connectivity index (χ3n) is 3.03. The van der Waals surface area contributed by atoms with Crippen LogP contribution in [0.25, 0.3) is 0 Å². The summed E-state index contributed by atoms with van der Waals surface area (Å²) >= 11 is 3.66. The lowest BCUT2D eigenvalue weighted by molar-refractivity contribution is -0.385. The average Bonchev–Trinajstić information content (AvgIpc) is 2.39. The lowest BCUT2D eigenvalue weighted by Gasteiger charge is -2.10. The highest BCUT2D eigenvalue weighted by Crippen LogP contribution is 2.28. The minimum absolute atomic E-state index is 0.176. The van der Waals surface area contributed by atoms with Gasteiger partial charge in [-0.05, 0) is 30.5 Å². The SMILES string of the molecule is Cc1cc(CC(Br)c2ccccc2)ccc1[N+](=O)[O-]. The van der Waals surface area contributed by atoms with Crippen molar-refractivity contribution in [2.24, 2.45) is 0 Å². The van der Waals surface area contributed by atoms with E-state index in [0.717, 1.165) is 12.0 Å². The highest BCUT2D eigenvalue weighted by atomic mass is 79.9. The van der Waals surface area contributed by atoms with Crippen LogP contribution in [0.4, 0.5) is 5.69 Å². The number of nitro benzene ring substituents is 1. The summed E-state index contributed by atoms with van der Waals surface area (Å²) in [5, 5.41) is 10.8. The van der Waals surface area contributed by atoms with Gasteiger partial charge in [0.2, 0.25) is 0 Å². The molecule has 0 fully saturated rings. The molecule has 0 aliphatic carbocycles. The van der Waals surface area contributed by atoms with E-state index in [2.05, 4.69) is 28.1 Å². The number of halogens is 1. The first-order valence-corrected chi connectivity index (χ1v) is 6.92. The first kappa shape index (κ1) is 13.7. The molecule has 0 amide bonds. The Morgan fingerprint density at radius 3 is 2.47 bits per heavy atom. The minimum Gasteiger partial charge on any atom is -0.258 e. The maximum atomic E-state index is 10.8. The molecular weight excluding hydrogens is 306 g/mol. The monoisotopic (exact) mass is 319 g/mol. The number of hydrogen-bond acceptors (Lipinski definition) is 2. The van der Waals surface area contributed by atoms with E-state index in [9.17, 15) is 10.1 Å². The Bertz CT molecular complexity index is 584. The third kappa shape index (κ3) is 3.41. The van der Waals surface area contributed by atoms with Gasteiger partial charge >= 0.3 is 0 Å². The topological polar surface area (TPSA) is 43.1 Å². The van der Waals surface area contributed by atoms with Crippen molar-refractivity contribution in [2.45, 2.75) is 18.2 Å². The summed E-state index contributed by atoms with van der Waals surface area (Å²) in [6.07, 6.45) is 0.808. The van der Waals surface area contributed by atoms with Gasteiger partial charge in [0.05, 0.1) is 4.92 Å². The predicted molar refractivity (Wildman–Crippen MR) is 79.6 cm³/mol. The van der Waals surface area contributed by atoms with E-state index in [1.54, 1.807) is 13.0 Å². The fourth-order valence-electron chi connectivity index (χ4n) is 2.04. The van der Waals surface area contributed by atoms with Crippen LogP contribution in [0.15, 0.2) is 48.5 Å². The van der Waals surface area contributed by atoms with E-state index in [1.807, 2.05) is 30.3 Å². The Morgan fingerprint density at radius 2 is 1.89 bits per heavy atom. The van der Waals surface area contributed by atoms with Crippen LogP contribution in [0, 0.1) is 17.0 Å². The maximum Gasteiger partial charge on any atom is 0.272 e. The van der Waals surface area contributed by atoms with Crippen LogP contribution < -0.4 is 0 Å². The summed E-state index contributed by atoms with van der Waals surface area (Å²) in [6, 6.07) is 15.4. The molecule has 0 saturated carbocycles. The second kappa shape index (κ2) is 5.97. The molecule has 0 radical (unpaired) electrons. The van der Waals surface area contributed by atoms with Crippen LogP contribution in [0.1, 0.15) is 21.5 Å². The Kier molecular flexibility index (Phi) is 4.32. The van der Waals surface area contributed by atoms with Crippen molar-refractivity contribution in [3.63, 3.8) is 0 Å². The minimum atomic E-state index is -0.345. The van der Waals surface area contributed by atoms with E-state index in [4.69, 9.17) is 0 Å². The number of aryl methyl sites for hydroxylation is 1. The summed E-state index contributed by atoms with van der Waals surface area (Å²) in [4.78, 5) is 10.6. The van der Waals surface area contributed by atoms with E-state index in [1.165, 1.54) is 5.56 Å². The van der Waals surface area contributed by atoms with Crippen LogP contribution in [0.5, 0.6) is 0 Å². The quantitative estimate of drug-likeness (QED) is 0.470. The smallest absolute Gasteiger partial charge is 0.258 e. The molecule has 0 aliphatic rings. The maximum absolute atomic E-state index is 10.8. The molecule has 0 aromatic heterocycles. The molecule has 0 aliphatic heterocycles. The summed E-state index contributed by atoms with van der Waals surface area (Å²) in [7, 11) is 0. The first-order valence-electron chi connectivity index (χ1n) is 6.01. The lowest BCUT2D eigenvalue weighted by Crippen LogP contribution is -1.97. The highest BCUT2D eigenvalue weighted by molar-refractivity contribution is 9.09. The Labute approximate surface area is 120 Å². The number of rotatable bonds is 4. The molecule has 2 aromatic carbocycles. The van der Waals surface area contributed by atoms with Crippen LogP contribution in [0.3, 0.4) is 0 Å². The summed E-state index contributed by atoms with van der Waals surface area (Å²) in [5.74, 6) is 0. The van der Waals surface area contributed by atoms with Crippen LogP contribution in [-0.4, -0.2) is 4.92 Å². The normalized spacial score (nSPS) is 12.1. The zero-order valence-electron chi connectivity index (χ0n) is 10.5. The zero-order chi connectivity index (χ0) is 13.8. The molecular formula is C15H14BrNO2. The lowest BCUT2D eigenvalue weighted by atomic mass is 10.0. The summed E-state index contributed by atoms with van der Waals surface area (Å²) < 4.78 is 0. The molecule has 0 bridgehead atoms. The van der Waals surface area contributed by atoms with Crippen molar-refractivity contribution < 1.29 is 4.92 Å². The first-order chi connectivity index (χ1) is 9.08. The van der Waals surface area contributed by atoms with Gasteiger partial charge in [0, 0.05) is 16.5 Å². The van der Waals surface area contributed by atoms with Crippen molar-refractivity contribution in [3.05, 3.63) is 75.3 Å². The molecule has 19 heavy (non-hydrogen) atoms. The molecule has 0 saturated heterocycles. The number of nitro groups is 1. The molecule has 98 valence electrons. The largest absolute Gasteiger partial charge is 0.272 e. The van der Waals surface area contributed by atoms with Gasteiger partial charge in [0.15, 0.2) is 0 Å². The zero-order valence-corrected chi connectivity index (χ0v) is 12.1. The van der Waals surface area contributed by atoms with Crippen LogP contribution in [-0.2, 0) is 6.42 Å². The molecule has 2 aromatic rings. The molecule has 1 unspecified atom stereocenters. The van der Waals surface area contributed by atoms with E-state index in [0.29, 0.717) is 5.56 Å². The van der Waals surface area contributed by atoms with E-state index >= 15 is 0 Å². The highest BCUT2D eigenvalue weighted by Gasteiger charge is 2.13. The van der Waals surface area contributed by atoms with Gasteiger partial charge in [0.25, 0.3) is 5.69 Å². The molecule has 4 heteroatoms. The molecule has 3 nitrogen and oxygen atoms in total. The molecule has 1 atom stereocenters. The van der Waals surface area contributed by atoms with Crippen molar-refractivity contribution in [1.29, 1.82) is 0 Å². The molecule has 0 N–H and O–H groups in total. The standard InChI is InChI=1S/C15H14BrNO2/c1-11-9-12(7-8-15(11)17(18)19)10-14(16)13-5-3-2-4-6-13/h2-9,14H,10H2,1H3. The van der Waals surface area contributed by atoms with Gasteiger partial charge in [-0.2, -0.15) is 0 Å². The number of benzene rings is 2.